The maximum atomic E-state index is 4.14. The van der Waals surface area contributed by atoms with Crippen LogP contribution in [0, 0.1) is 5.92 Å². The lowest BCUT2D eigenvalue weighted by atomic mass is 10.1. The van der Waals surface area contributed by atoms with Crippen molar-refractivity contribution in [3.63, 3.8) is 0 Å². The molecule has 1 aliphatic rings. The highest BCUT2D eigenvalue weighted by Crippen LogP contribution is 2.42. The first-order valence-corrected chi connectivity index (χ1v) is 5.62. The molecule has 0 spiro atoms. The molecule has 4 heteroatoms. The molecular formula is C9H15N3S. The van der Waals surface area contributed by atoms with Crippen LogP contribution >= 0.6 is 11.5 Å². The largest absolute Gasteiger partial charge is 0.312 e. The topological polar surface area (TPSA) is 37.8 Å². The Labute approximate surface area is 82.7 Å². The molecule has 0 saturated heterocycles. The van der Waals surface area contributed by atoms with Crippen LogP contribution in [0.3, 0.4) is 0 Å². The highest BCUT2D eigenvalue weighted by atomic mass is 32.1. The van der Waals surface area contributed by atoms with E-state index in [2.05, 4.69) is 21.8 Å². The molecule has 0 aromatic carbocycles. The van der Waals surface area contributed by atoms with Gasteiger partial charge in [0, 0.05) is 6.04 Å². The van der Waals surface area contributed by atoms with Gasteiger partial charge in [0.15, 0.2) is 0 Å². The zero-order valence-electron chi connectivity index (χ0n) is 8.08. The third kappa shape index (κ3) is 1.74. The lowest BCUT2D eigenvalue weighted by molar-refractivity contribution is 0.532. The Bertz CT molecular complexity index is 280. The molecule has 72 valence electrons. The first-order valence-electron chi connectivity index (χ1n) is 4.85. The van der Waals surface area contributed by atoms with Crippen molar-refractivity contribution < 1.29 is 0 Å². The van der Waals surface area contributed by atoms with E-state index in [-0.39, 0.29) is 0 Å². The van der Waals surface area contributed by atoms with Crippen molar-refractivity contribution in [2.75, 3.05) is 7.05 Å². The van der Waals surface area contributed by atoms with Gasteiger partial charge in [-0.05, 0) is 43.8 Å². The normalized spacial score (nSPS) is 18.9. The van der Waals surface area contributed by atoms with Gasteiger partial charge in [-0.1, -0.05) is 11.4 Å². The van der Waals surface area contributed by atoms with Crippen LogP contribution in [0.4, 0.5) is 0 Å². The second-order valence-corrected chi connectivity index (χ2v) is 4.33. The first kappa shape index (κ1) is 9.09. The van der Waals surface area contributed by atoms with Crippen LogP contribution in [-0.2, 0) is 6.42 Å². The summed E-state index contributed by atoms with van der Waals surface area (Å²) in [6.07, 6.45) is 3.70. The molecule has 1 fully saturated rings. The van der Waals surface area contributed by atoms with Crippen LogP contribution in [-0.4, -0.2) is 16.6 Å². The molecule has 2 rings (SSSR count). The Morgan fingerprint density at radius 2 is 2.38 bits per heavy atom. The number of nitrogens with zero attached hydrogens (tertiary/aromatic N) is 2. The van der Waals surface area contributed by atoms with Crippen LogP contribution in [0.15, 0.2) is 0 Å². The summed E-state index contributed by atoms with van der Waals surface area (Å²) in [5, 5.41) is 7.51. The minimum absolute atomic E-state index is 0.509. The van der Waals surface area contributed by atoms with E-state index >= 15 is 0 Å². The number of aromatic nitrogens is 2. The second kappa shape index (κ2) is 3.72. The predicted octanol–water partition coefficient (Wildman–Crippen LogP) is 1.77. The summed E-state index contributed by atoms with van der Waals surface area (Å²) in [6.45, 7) is 2.14. The maximum Gasteiger partial charge on any atom is 0.0801 e. The van der Waals surface area contributed by atoms with Gasteiger partial charge < -0.3 is 5.32 Å². The van der Waals surface area contributed by atoms with Gasteiger partial charge in [-0.15, -0.1) is 5.10 Å². The summed E-state index contributed by atoms with van der Waals surface area (Å²) in [7, 11) is 2.03. The highest BCUT2D eigenvalue weighted by molar-refractivity contribution is 7.05. The fraction of sp³-hybridized carbons (Fsp3) is 0.778. The zero-order chi connectivity index (χ0) is 9.26. The molecule has 1 unspecified atom stereocenters. The van der Waals surface area contributed by atoms with Gasteiger partial charge in [0.25, 0.3) is 0 Å². The summed E-state index contributed by atoms with van der Waals surface area (Å²) in [6, 6.07) is 0.509. The molecule has 1 aromatic rings. The fourth-order valence-corrected chi connectivity index (χ4v) is 2.65. The standard InChI is InChI=1S/C9H15N3S/c1-3-7-9(13-12-11-7)8(10-2)6-4-5-6/h6,8,10H,3-5H2,1-2H3. The van der Waals surface area contributed by atoms with E-state index in [1.807, 2.05) is 7.05 Å². The molecule has 1 heterocycles. The van der Waals surface area contributed by atoms with Crippen molar-refractivity contribution in [2.24, 2.45) is 5.92 Å². The van der Waals surface area contributed by atoms with E-state index < -0.39 is 0 Å². The van der Waals surface area contributed by atoms with Crippen LogP contribution < -0.4 is 5.32 Å². The van der Waals surface area contributed by atoms with Crippen molar-refractivity contribution in [2.45, 2.75) is 32.2 Å². The third-order valence-corrected chi connectivity index (χ3v) is 3.46. The van der Waals surface area contributed by atoms with Crippen molar-refractivity contribution in [3.8, 4) is 0 Å². The monoisotopic (exact) mass is 197 g/mol. The van der Waals surface area contributed by atoms with E-state index in [1.165, 1.54) is 23.4 Å². The predicted molar refractivity (Wildman–Crippen MR) is 53.8 cm³/mol. The van der Waals surface area contributed by atoms with Gasteiger partial charge >= 0.3 is 0 Å². The van der Waals surface area contributed by atoms with Gasteiger partial charge in [-0.2, -0.15) is 0 Å². The molecule has 3 nitrogen and oxygen atoms in total. The summed E-state index contributed by atoms with van der Waals surface area (Å²) >= 11 is 1.55. The third-order valence-electron chi connectivity index (χ3n) is 2.61. The maximum absolute atomic E-state index is 4.14. The number of nitrogens with one attached hydrogen (secondary N) is 1. The number of hydrogen-bond donors (Lipinski definition) is 1. The average molecular weight is 197 g/mol. The van der Waals surface area contributed by atoms with Crippen LogP contribution in [0.1, 0.15) is 36.4 Å². The lowest BCUT2D eigenvalue weighted by Gasteiger charge is -2.13. The van der Waals surface area contributed by atoms with E-state index in [1.54, 1.807) is 11.5 Å². The van der Waals surface area contributed by atoms with Gasteiger partial charge in [0.1, 0.15) is 0 Å². The molecule has 1 aliphatic carbocycles. The smallest absolute Gasteiger partial charge is 0.0801 e. The minimum Gasteiger partial charge on any atom is -0.312 e. The zero-order valence-corrected chi connectivity index (χ0v) is 8.90. The van der Waals surface area contributed by atoms with Gasteiger partial charge in [-0.25, -0.2) is 0 Å². The number of aryl methyl sites for hydroxylation is 1. The van der Waals surface area contributed by atoms with Crippen molar-refractivity contribution in [1.82, 2.24) is 14.9 Å². The van der Waals surface area contributed by atoms with Crippen molar-refractivity contribution in [3.05, 3.63) is 10.6 Å². The van der Waals surface area contributed by atoms with Gasteiger partial charge in [0.05, 0.1) is 10.6 Å². The molecule has 13 heavy (non-hydrogen) atoms. The van der Waals surface area contributed by atoms with Crippen LogP contribution in [0.5, 0.6) is 0 Å². The SMILES string of the molecule is CCc1nnsc1C(NC)C1CC1. The molecule has 0 amide bonds. The molecule has 1 N–H and O–H groups in total. The lowest BCUT2D eigenvalue weighted by Crippen LogP contribution is -2.18. The molecule has 1 saturated carbocycles. The molecule has 1 atom stereocenters. The first-order chi connectivity index (χ1) is 6.36. The Morgan fingerprint density at radius 1 is 1.62 bits per heavy atom. The minimum atomic E-state index is 0.509. The molecule has 1 aromatic heterocycles. The van der Waals surface area contributed by atoms with Gasteiger partial charge in [0.2, 0.25) is 0 Å². The molecule has 0 radical (unpaired) electrons. The molecule has 0 aliphatic heterocycles. The fourth-order valence-electron chi connectivity index (χ4n) is 1.71. The van der Waals surface area contributed by atoms with E-state index in [9.17, 15) is 0 Å². The van der Waals surface area contributed by atoms with Gasteiger partial charge in [-0.3, -0.25) is 0 Å². The summed E-state index contributed by atoms with van der Waals surface area (Å²) < 4.78 is 4.02. The average Bonchev–Trinajstić information content (AvgIpc) is 2.86. The molecule has 0 bridgehead atoms. The van der Waals surface area contributed by atoms with E-state index in [0.717, 1.165) is 12.3 Å². The summed E-state index contributed by atoms with van der Waals surface area (Å²) in [5.74, 6) is 0.831. The number of rotatable bonds is 4. The second-order valence-electron chi connectivity index (χ2n) is 3.54. The Hall–Kier alpha value is -0.480. The van der Waals surface area contributed by atoms with Crippen LogP contribution in [0.2, 0.25) is 0 Å². The number of hydrogen-bond acceptors (Lipinski definition) is 4. The highest BCUT2D eigenvalue weighted by Gasteiger charge is 2.33. The quantitative estimate of drug-likeness (QED) is 0.799. The van der Waals surface area contributed by atoms with Crippen LogP contribution in [0.25, 0.3) is 0 Å². The Kier molecular flexibility index (Phi) is 2.60. The Balaban J connectivity index is 2.20. The van der Waals surface area contributed by atoms with Crippen molar-refractivity contribution >= 4 is 11.5 Å². The summed E-state index contributed by atoms with van der Waals surface area (Å²) in [4.78, 5) is 1.35. The Morgan fingerprint density at radius 3 is 2.92 bits per heavy atom. The van der Waals surface area contributed by atoms with E-state index in [4.69, 9.17) is 0 Å². The van der Waals surface area contributed by atoms with E-state index in [0.29, 0.717) is 6.04 Å². The van der Waals surface area contributed by atoms with Crippen molar-refractivity contribution in [1.29, 1.82) is 0 Å². The summed E-state index contributed by atoms with van der Waals surface area (Å²) in [5.41, 5.74) is 1.18. The molecular weight excluding hydrogens is 182 g/mol.